The Morgan fingerprint density at radius 2 is 2.14 bits per heavy atom. The number of amides is 1. The minimum Gasteiger partial charge on any atom is -0.379 e. The van der Waals surface area contributed by atoms with E-state index in [0.717, 1.165) is 58.7 Å². The van der Waals surface area contributed by atoms with Gasteiger partial charge in [-0.25, -0.2) is 4.98 Å². The van der Waals surface area contributed by atoms with Crippen molar-refractivity contribution in [1.29, 1.82) is 0 Å². The maximum atomic E-state index is 12.1. The summed E-state index contributed by atoms with van der Waals surface area (Å²) in [6, 6.07) is -0.0557. The molecule has 0 radical (unpaired) electrons. The van der Waals surface area contributed by atoms with Gasteiger partial charge in [-0.15, -0.1) is 0 Å². The topological polar surface area (TPSA) is 59.4 Å². The van der Waals surface area contributed by atoms with Crippen LogP contribution in [0.5, 0.6) is 0 Å². The Morgan fingerprint density at radius 3 is 2.86 bits per heavy atom. The van der Waals surface area contributed by atoms with Crippen molar-refractivity contribution in [2.24, 2.45) is 0 Å². The normalized spacial score (nSPS) is 17.6. The molecule has 1 aliphatic heterocycles. The van der Waals surface area contributed by atoms with Crippen LogP contribution in [0.1, 0.15) is 26.2 Å². The van der Waals surface area contributed by atoms with Crippen LogP contribution < -0.4 is 5.32 Å². The van der Waals surface area contributed by atoms with Crippen molar-refractivity contribution in [2.45, 2.75) is 38.8 Å². The number of aryl methyl sites for hydroxylation is 1. The number of carbonyl (C=O) groups excluding carboxylic acids is 1. The Morgan fingerprint density at radius 1 is 1.33 bits per heavy atom. The second-order valence-electron chi connectivity index (χ2n) is 5.48. The number of unbranched alkanes of at least 4 members (excludes halogenated alkanes) is 2. The highest BCUT2D eigenvalue weighted by atomic mass is 16.5. The number of carbonyl (C=O) groups is 1. The van der Waals surface area contributed by atoms with E-state index in [1.165, 1.54) is 0 Å². The number of aromatic nitrogens is 2. The molecule has 2 heterocycles. The van der Waals surface area contributed by atoms with Crippen molar-refractivity contribution in [1.82, 2.24) is 19.8 Å². The average molecular weight is 294 g/mol. The van der Waals surface area contributed by atoms with Crippen LogP contribution in [0.15, 0.2) is 18.7 Å². The lowest BCUT2D eigenvalue weighted by atomic mass is 10.2. The molecule has 6 heteroatoms. The third-order valence-corrected chi connectivity index (χ3v) is 3.92. The van der Waals surface area contributed by atoms with Gasteiger partial charge in [-0.1, -0.05) is 0 Å². The molecule has 118 valence electrons. The average Bonchev–Trinajstić information content (AvgIpc) is 3.04. The summed E-state index contributed by atoms with van der Waals surface area (Å²) < 4.78 is 7.39. The Kier molecular flexibility index (Phi) is 6.69. The second kappa shape index (κ2) is 8.79. The summed E-state index contributed by atoms with van der Waals surface area (Å²) in [5.74, 6) is 0.131. The first-order chi connectivity index (χ1) is 10.3. The van der Waals surface area contributed by atoms with Crippen molar-refractivity contribution >= 4 is 5.91 Å². The molecular formula is C15H26N4O2. The molecule has 1 aromatic rings. The van der Waals surface area contributed by atoms with E-state index in [2.05, 4.69) is 19.8 Å². The number of rotatable bonds is 8. The molecule has 6 nitrogen and oxygen atoms in total. The molecule has 1 aliphatic rings. The maximum absolute atomic E-state index is 12.1. The van der Waals surface area contributed by atoms with Crippen LogP contribution in [0, 0.1) is 0 Å². The van der Waals surface area contributed by atoms with E-state index in [1.807, 2.05) is 19.4 Å². The Labute approximate surface area is 126 Å². The van der Waals surface area contributed by atoms with Gasteiger partial charge < -0.3 is 14.6 Å². The molecule has 1 aromatic heterocycles. The van der Waals surface area contributed by atoms with Crippen molar-refractivity contribution in [3.8, 4) is 0 Å². The van der Waals surface area contributed by atoms with Gasteiger partial charge in [0.2, 0.25) is 5.91 Å². The van der Waals surface area contributed by atoms with E-state index in [0.29, 0.717) is 0 Å². The van der Waals surface area contributed by atoms with Gasteiger partial charge in [-0.05, 0) is 26.2 Å². The SMILES string of the molecule is CC(C(=O)NCCCCCn1ccnc1)N1CCOCC1. The summed E-state index contributed by atoms with van der Waals surface area (Å²) in [6.07, 6.45) is 8.87. The van der Waals surface area contributed by atoms with Gasteiger partial charge in [0.15, 0.2) is 0 Å². The van der Waals surface area contributed by atoms with E-state index in [4.69, 9.17) is 4.74 Å². The first-order valence-electron chi connectivity index (χ1n) is 7.82. The molecule has 0 bridgehead atoms. The van der Waals surface area contributed by atoms with Gasteiger partial charge in [-0.2, -0.15) is 0 Å². The third-order valence-electron chi connectivity index (χ3n) is 3.92. The summed E-state index contributed by atoms with van der Waals surface area (Å²) in [5, 5.41) is 3.03. The molecule has 21 heavy (non-hydrogen) atoms. The molecule has 1 saturated heterocycles. The minimum atomic E-state index is -0.0557. The summed E-state index contributed by atoms with van der Waals surface area (Å²) in [5.41, 5.74) is 0. The molecule has 1 atom stereocenters. The van der Waals surface area contributed by atoms with Crippen molar-refractivity contribution in [2.75, 3.05) is 32.8 Å². The van der Waals surface area contributed by atoms with Crippen LogP contribution in [0.3, 0.4) is 0 Å². The summed E-state index contributed by atoms with van der Waals surface area (Å²) >= 11 is 0. The van der Waals surface area contributed by atoms with Crippen LogP contribution in [0.2, 0.25) is 0 Å². The Bertz CT molecular complexity index is 402. The van der Waals surface area contributed by atoms with Gasteiger partial charge in [-0.3, -0.25) is 9.69 Å². The third kappa shape index (κ3) is 5.47. The second-order valence-corrected chi connectivity index (χ2v) is 5.48. The summed E-state index contributed by atoms with van der Waals surface area (Å²) in [7, 11) is 0. The number of hydrogen-bond donors (Lipinski definition) is 1. The molecule has 1 unspecified atom stereocenters. The number of ether oxygens (including phenoxy) is 1. The van der Waals surface area contributed by atoms with E-state index in [9.17, 15) is 4.79 Å². The molecule has 1 fully saturated rings. The zero-order valence-corrected chi connectivity index (χ0v) is 12.8. The zero-order chi connectivity index (χ0) is 14.9. The van der Waals surface area contributed by atoms with Crippen molar-refractivity contribution in [3.05, 3.63) is 18.7 Å². The number of imidazole rings is 1. The predicted molar refractivity (Wildman–Crippen MR) is 80.9 cm³/mol. The Hall–Kier alpha value is -1.40. The standard InChI is InChI=1S/C15H26N4O2/c1-14(19-9-11-21-12-10-19)15(20)17-5-3-2-4-7-18-8-6-16-13-18/h6,8,13-14H,2-5,7,9-12H2,1H3,(H,17,20). The van der Waals surface area contributed by atoms with Crippen molar-refractivity contribution < 1.29 is 9.53 Å². The summed E-state index contributed by atoms with van der Waals surface area (Å²) in [6.45, 7) is 6.88. The highest BCUT2D eigenvalue weighted by molar-refractivity contribution is 5.81. The van der Waals surface area contributed by atoms with E-state index in [-0.39, 0.29) is 11.9 Å². The smallest absolute Gasteiger partial charge is 0.237 e. The van der Waals surface area contributed by atoms with E-state index >= 15 is 0 Å². The zero-order valence-electron chi connectivity index (χ0n) is 12.8. The van der Waals surface area contributed by atoms with Gasteiger partial charge in [0.25, 0.3) is 0 Å². The molecule has 0 saturated carbocycles. The van der Waals surface area contributed by atoms with Crippen molar-refractivity contribution in [3.63, 3.8) is 0 Å². The van der Waals surface area contributed by atoms with Crippen LogP contribution in [-0.2, 0) is 16.1 Å². The first kappa shape index (κ1) is 16.0. The fourth-order valence-electron chi connectivity index (χ4n) is 2.51. The van der Waals surface area contributed by atoms with Gasteiger partial charge in [0.05, 0.1) is 25.6 Å². The highest BCUT2D eigenvalue weighted by Crippen LogP contribution is 2.04. The van der Waals surface area contributed by atoms with E-state index < -0.39 is 0 Å². The molecule has 0 aromatic carbocycles. The maximum Gasteiger partial charge on any atom is 0.237 e. The fraction of sp³-hybridized carbons (Fsp3) is 0.733. The molecule has 0 aliphatic carbocycles. The van der Waals surface area contributed by atoms with Crippen LogP contribution in [-0.4, -0.2) is 59.2 Å². The fourth-order valence-corrected chi connectivity index (χ4v) is 2.51. The van der Waals surface area contributed by atoms with Crippen LogP contribution >= 0.6 is 0 Å². The van der Waals surface area contributed by atoms with Gasteiger partial charge >= 0.3 is 0 Å². The molecule has 2 rings (SSSR count). The molecule has 1 amide bonds. The lowest BCUT2D eigenvalue weighted by molar-refractivity contribution is -0.127. The lowest BCUT2D eigenvalue weighted by Crippen LogP contribution is -2.49. The van der Waals surface area contributed by atoms with Gasteiger partial charge in [0, 0.05) is 38.6 Å². The van der Waals surface area contributed by atoms with Crippen LogP contribution in [0.25, 0.3) is 0 Å². The van der Waals surface area contributed by atoms with E-state index in [1.54, 1.807) is 6.20 Å². The predicted octanol–water partition coefficient (Wildman–Crippen LogP) is 0.890. The number of hydrogen-bond acceptors (Lipinski definition) is 4. The molecular weight excluding hydrogens is 268 g/mol. The molecule has 1 N–H and O–H groups in total. The lowest BCUT2D eigenvalue weighted by Gasteiger charge is -2.31. The monoisotopic (exact) mass is 294 g/mol. The minimum absolute atomic E-state index is 0.0557. The highest BCUT2D eigenvalue weighted by Gasteiger charge is 2.22. The van der Waals surface area contributed by atoms with Crippen LogP contribution in [0.4, 0.5) is 0 Å². The Balaban J connectivity index is 1.52. The number of nitrogens with one attached hydrogen (secondary N) is 1. The first-order valence-corrected chi connectivity index (χ1v) is 7.82. The van der Waals surface area contributed by atoms with Gasteiger partial charge in [0.1, 0.15) is 0 Å². The molecule has 0 spiro atoms. The largest absolute Gasteiger partial charge is 0.379 e. The number of nitrogens with zero attached hydrogens (tertiary/aromatic N) is 3. The summed E-state index contributed by atoms with van der Waals surface area (Å²) in [4.78, 5) is 18.3. The quantitative estimate of drug-likeness (QED) is 0.723. The number of morpholine rings is 1.